The van der Waals surface area contributed by atoms with Crippen LogP contribution in [0.4, 0.5) is 17.2 Å². The van der Waals surface area contributed by atoms with E-state index in [1.165, 1.54) is 25.5 Å². The third-order valence-electron chi connectivity index (χ3n) is 3.42. The summed E-state index contributed by atoms with van der Waals surface area (Å²) >= 11 is 0. The van der Waals surface area contributed by atoms with Crippen LogP contribution in [-0.4, -0.2) is 31.6 Å². The van der Waals surface area contributed by atoms with Crippen LogP contribution >= 0.6 is 0 Å². The molecule has 2 amide bonds. The highest BCUT2D eigenvalue weighted by Gasteiger charge is 2.13. The van der Waals surface area contributed by atoms with Gasteiger partial charge in [-0.2, -0.15) is 5.10 Å². The summed E-state index contributed by atoms with van der Waals surface area (Å²) in [5.74, 6) is -0.524. The third kappa shape index (κ3) is 4.20. The van der Waals surface area contributed by atoms with Crippen LogP contribution in [0.15, 0.2) is 49.1 Å². The SMILES string of the molecule is CC(=O)Nc1cccc(Cn2cc(NC(=O)c3nccnc3N)cn2)c1. The second kappa shape index (κ2) is 7.43. The lowest BCUT2D eigenvalue weighted by Crippen LogP contribution is -2.16. The topological polar surface area (TPSA) is 128 Å². The highest BCUT2D eigenvalue weighted by Crippen LogP contribution is 2.14. The number of nitrogens with zero attached hydrogens (tertiary/aromatic N) is 4. The molecule has 0 bridgehead atoms. The zero-order valence-electron chi connectivity index (χ0n) is 14.0. The molecule has 0 atom stereocenters. The number of carbonyl (C=O) groups is 2. The number of hydrogen-bond acceptors (Lipinski definition) is 6. The summed E-state index contributed by atoms with van der Waals surface area (Å²) in [7, 11) is 0. The van der Waals surface area contributed by atoms with Crippen LogP contribution < -0.4 is 16.4 Å². The van der Waals surface area contributed by atoms with Crippen LogP contribution in [-0.2, 0) is 11.3 Å². The highest BCUT2D eigenvalue weighted by molar-refractivity contribution is 6.05. The number of nitrogens with two attached hydrogens (primary N) is 1. The average Bonchev–Trinajstić information content (AvgIpc) is 3.01. The summed E-state index contributed by atoms with van der Waals surface area (Å²) in [4.78, 5) is 31.1. The fourth-order valence-corrected chi connectivity index (χ4v) is 2.37. The molecule has 0 aliphatic carbocycles. The van der Waals surface area contributed by atoms with Gasteiger partial charge in [0.1, 0.15) is 0 Å². The normalized spacial score (nSPS) is 10.3. The van der Waals surface area contributed by atoms with Crippen LogP contribution in [0, 0.1) is 0 Å². The molecule has 0 spiro atoms. The van der Waals surface area contributed by atoms with Crippen molar-refractivity contribution in [2.45, 2.75) is 13.5 Å². The first-order chi connectivity index (χ1) is 12.5. The molecule has 9 nitrogen and oxygen atoms in total. The molecule has 26 heavy (non-hydrogen) atoms. The van der Waals surface area contributed by atoms with Gasteiger partial charge in [-0.25, -0.2) is 9.97 Å². The van der Waals surface area contributed by atoms with Crippen LogP contribution in [0.2, 0.25) is 0 Å². The van der Waals surface area contributed by atoms with Gasteiger partial charge in [-0.1, -0.05) is 12.1 Å². The van der Waals surface area contributed by atoms with E-state index in [9.17, 15) is 9.59 Å². The monoisotopic (exact) mass is 351 g/mol. The number of amides is 2. The first kappa shape index (κ1) is 17.1. The Morgan fingerprint density at radius 2 is 1.96 bits per heavy atom. The standard InChI is InChI=1S/C17H17N7O2/c1-11(25)22-13-4-2-3-12(7-13)9-24-10-14(8-21-24)23-17(26)15-16(18)20-6-5-19-15/h2-8,10H,9H2,1H3,(H2,18,20)(H,22,25)(H,23,26). The predicted octanol–water partition coefficient (Wildman–Crippen LogP) is 1.51. The highest BCUT2D eigenvalue weighted by atomic mass is 16.2. The van der Waals surface area contributed by atoms with Crippen molar-refractivity contribution in [2.24, 2.45) is 0 Å². The van der Waals surface area contributed by atoms with Crippen molar-refractivity contribution in [3.63, 3.8) is 0 Å². The van der Waals surface area contributed by atoms with E-state index < -0.39 is 5.91 Å². The Kier molecular flexibility index (Phi) is 4.88. The zero-order valence-corrected chi connectivity index (χ0v) is 14.0. The molecule has 132 valence electrons. The number of benzene rings is 1. The minimum atomic E-state index is -0.456. The summed E-state index contributed by atoms with van der Waals surface area (Å²) in [5.41, 5.74) is 7.89. The number of anilines is 3. The Bertz CT molecular complexity index is 952. The van der Waals surface area contributed by atoms with Crippen LogP contribution in [0.5, 0.6) is 0 Å². The number of aromatic nitrogens is 4. The van der Waals surface area contributed by atoms with Gasteiger partial charge in [-0.3, -0.25) is 14.3 Å². The second-order valence-electron chi connectivity index (χ2n) is 5.55. The Morgan fingerprint density at radius 3 is 2.73 bits per heavy atom. The maximum atomic E-state index is 12.2. The minimum absolute atomic E-state index is 0.0586. The van der Waals surface area contributed by atoms with Crippen molar-refractivity contribution in [2.75, 3.05) is 16.4 Å². The lowest BCUT2D eigenvalue weighted by atomic mass is 10.2. The van der Waals surface area contributed by atoms with E-state index in [2.05, 4.69) is 25.7 Å². The van der Waals surface area contributed by atoms with Gasteiger partial charge < -0.3 is 16.4 Å². The van der Waals surface area contributed by atoms with Crippen molar-refractivity contribution in [3.8, 4) is 0 Å². The largest absolute Gasteiger partial charge is 0.382 e. The summed E-state index contributed by atoms with van der Waals surface area (Å²) < 4.78 is 1.67. The van der Waals surface area contributed by atoms with E-state index in [4.69, 9.17) is 5.73 Å². The Morgan fingerprint density at radius 1 is 1.15 bits per heavy atom. The second-order valence-corrected chi connectivity index (χ2v) is 5.55. The van der Waals surface area contributed by atoms with Gasteiger partial charge >= 0.3 is 0 Å². The lowest BCUT2D eigenvalue weighted by Gasteiger charge is -2.06. The molecule has 0 radical (unpaired) electrons. The molecule has 2 heterocycles. The summed E-state index contributed by atoms with van der Waals surface area (Å²) in [6, 6.07) is 7.45. The molecule has 4 N–H and O–H groups in total. The molecule has 9 heteroatoms. The fraction of sp³-hybridized carbons (Fsp3) is 0.118. The number of rotatable bonds is 5. The average molecular weight is 351 g/mol. The quantitative estimate of drug-likeness (QED) is 0.639. The van der Waals surface area contributed by atoms with Gasteiger partial charge in [0.05, 0.1) is 18.4 Å². The molecular weight excluding hydrogens is 334 g/mol. The smallest absolute Gasteiger partial charge is 0.278 e. The van der Waals surface area contributed by atoms with E-state index in [1.54, 1.807) is 10.9 Å². The first-order valence-corrected chi connectivity index (χ1v) is 7.78. The molecule has 0 fully saturated rings. The van der Waals surface area contributed by atoms with Crippen molar-refractivity contribution < 1.29 is 9.59 Å². The van der Waals surface area contributed by atoms with Crippen LogP contribution in [0.1, 0.15) is 23.0 Å². The van der Waals surface area contributed by atoms with E-state index >= 15 is 0 Å². The molecule has 2 aromatic heterocycles. The van der Waals surface area contributed by atoms with E-state index in [-0.39, 0.29) is 17.4 Å². The first-order valence-electron chi connectivity index (χ1n) is 7.78. The lowest BCUT2D eigenvalue weighted by molar-refractivity contribution is -0.114. The molecular formula is C17H17N7O2. The third-order valence-corrected chi connectivity index (χ3v) is 3.42. The fourth-order valence-electron chi connectivity index (χ4n) is 2.37. The van der Waals surface area contributed by atoms with E-state index in [0.29, 0.717) is 17.9 Å². The molecule has 0 saturated heterocycles. The molecule has 3 rings (SSSR count). The van der Waals surface area contributed by atoms with Crippen molar-refractivity contribution in [1.82, 2.24) is 19.7 Å². The molecule has 3 aromatic rings. The van der Waals surface area contributed by atoms with Gasteiger partial charge in [-0.15, -0.1) is 0 Å². The molecule has 0 saturated carbocycles. The van der Waals surface area contributed by atoms with Crippen molar-refractivity contribution in [1.29, 1.82) is 0 Å². The van der Waals surface area contributed by atoms with Crippen molar-refractivity contribution >= 4 is 29.0 Å². The summed E-state index contributed by atoms with van der Waals surface area (Å²) in [6.07, 6.45) is 6.04. The Hall–Kier alpha value is -3.75. The van der Waals surface area contributed by atoms with Gasteiger partial charge in [0, 0.05) is 31.2 Å². The summed E-state index contributed by atoms with van der Waals surface area (Å²) in [6.45, 7) is 1.94. The van der Waals surface area contributed by atoms with Crippen molar-refractivity contribution in [3.05, 3.63) is 60.3 Å². The summed E-state index contributed by atoms with van der Waals surface area (Å²) in [5, 5.41) is 9.63. The molecule has 0 unspecified atom stereocenters. The van der Waals surface area contributed by atoms with E-state index in [1.807, 2.05) is 24.3 Å². The Labute approximate surface area is 149 Å². The molecule has 0 aliphatic rings. The molecule has 0 aliphatic heterocycles. The van der Waals surface area contributed by atoms with Gasteiger partial charge in [0.2, 0.25) is 5.91 Å². The van der Waals surface area contributed by atoms with Crippen LogP contribution in [0.25, 0.3) is 0 Å². The number of hydrogen-bond donors (Lipinski definition) is 3. The zero-order chi connectivity index (χ0) is 18.5. The molecule has 1 aromatic carbocycles. The minimum Gasteiger partial charge on any atom is -0.382 e. The number of nitrogens with one attached hydrogen (secondary N) is 2. The maximum Gasteiger partial charge on any atom is 0.278 e. The van der Waals surface area contributed by atoms with Crippen LogP contribution in [0.3, 0.4) is 0 Å². The maximum absolute atomic E-state index is 12.2. The number of nitrogen functional groups attached to an aromatic ring is 1. The van der Waals surface area contributed by atoms with Gasteiger partial charge in [0.15, 0.2) is 11.5 Å². The van der Waals surface area contributed by atoms with E-state index in [0.717, 1.165) is 5.56 Å². The van der Waals surface area contributed by atoms with Gasteiger partial charge in [0.25, 0.3) is 5.91 Å². The van der Waals surface area contributed by atoms with Gasteiger partial charge in [-0.05, 0) is 17.7 Å². The number of carbonyl (C=O) groups excluding carboxylic acids is 2. The Balaban J connectivity index is 1.68. The predicted molar refractivity (Wildman–Crippen MR) is 96.5 cm³/mol.